The summed E-state index contributed by atoms with van der Waals surface area (Å²) in [7, 11) is -2.87. The predicted octanol–water partition coefficient (Wildman–Crippen LogP) is 2.96. The smallest absolute Gasteiger partial charge is 0.330 e. The lowest BCUT2D eigenvalue weighted by Gasteiger charge is -2.28. The van der Waals surface area contributed by atoms with E-state index in [9.17, 15) is 21.6 Å². The summed E-state index contributed by atoms with van der Waals surface area (Å²) in [6.45, 7) is 3.79. The first-order chi connectivity index (χ1) is 9.81. The number of hydrogen-bond donors (Lipinski definition) is 1. The Kier molecular flexibility index (Phi) is 5.55. The first-order valence-electron chi connectivity index (χ1n) is 6.34. The summed E-state index contributed by atoms with van der Waals surface area (Å²) in [6.07, 6.45) is -4.65. The van der Waals surface area contributed by atoms with Gasteiger partial charge in [0, 0.05) is 13.6 Å². The number of benzene rings is 1. The van der Waals surface area contributed by atoms with Crippen LogP contribution in [-0.2, 0) is 16.2 Å². The highest BCUT2D eigenvalue weighted by Gasteiger charge is 2.34. The quantitative estimate of drug-likeness (QED) is 0.880. The second-order valence-electron chi connectivity index (χ2n) is 5.77. The van der Waals surface area contributed by atoms with Crippen molar-refractivity contribution in [2.75, 3.05) is 20.1 Å². The van der Waals surface area contributed by atoms with Crippen molar-refractivity contribution in [1.82, 2.24) is 4.31 Å². The lowest BCUT2D eigenvalue weighted by Crippen LogP contribution is -2.39. The Morgan fingerprint density at radius 3 is 2.27 bits per heavy atom. The zero-order chi connectivity index (χ0) is 17.3. The highest BCUT2D eigenvalue weighted by atomic mass is 35.5. The number of halogens is 4. The number of sulfonamides is 1. The second-order valence-corrected chi connectivity index (χ2v) is 8.19. The third kappa shape index (κ3) is 4.34. The standard InChI is InChI=1S/C13H18ClF3N2O2S/c1-12(2,7-18)8-19(3)22(20,21)11-6-9(13(15,16)17)4-5-10(11)14/h4-6H,7-8,18H2,1-3H3. The number of alkyl halides is 3. The minimum atomic E-state index is -4.65. The fourth-order valence-electron chi connectivity index (χ4n) is 1.80. The molecule has 0 atom stereocenters. The third-order valence-electron chi connectivity index (χ3n) is 3.15. The van der Waals surface area contributed by atoms with E-state index in [0.29, 0.717) is 6.07 Å². The van der Waals surface area contributed by atoms with Crippen LogP contribution < -0.4 is 5.73 Å². The molecule has 126 valence electrons. The molecule has 1 rings (SSSR count). The fraction of sp³-hybridized carbons (Fsp3) is 0.538. The van der Waals surface area contributed by atoms with Crippen LogP contribution in [0.4, 0.5) is 13.2 Å². The first-order valence-corrected chi connectivity index (χ1v) is 8.16. The molecule has 0 radical (unpaired) electrons. The molecule has 0 aliphatic rings. The van der Waals surface area contributed by atoms with Crippen LogP contribution in [0.25, 0.3) is 0 Å². The van der Waals surface area contributed by atoms with Gasteiger partial charge in [-0.3, -0.25) is 0 Å². The van der Waals surface area contributed by atoms with Crippen LogP contribution in [0.3, 0.4) is 0 Å². The SMILES string of the molecule is CN(CC(C)(C)CN)S(=O)(=O)c1cc(C(F)(F)F)ccc1Cl. The normalized spacial score (nSPS) is 13.7. The summed E-state index contributed by atoms with van der Waals surface area (Å²) in [5.41, 5.74) is 3.97. The molecule has 0 aliphatic heterocycles. The summed E-state index contributed by atoms with van der Waals surface area (Å²) < 4.78 is 64.1. The average molecular weight is 359 g/mol. The van der Waals surface area contributed by atoms with Crippen LogP contribution in [0.5, 0.6) is 0 Å². The molecule has 0 amide bonds. The maximum Gasteiger partial charge on any atom is 0.416 e. The molecule has 0 unspecified atom stereocenters. The van der Waals surface area contributed by atoms with Crippen LogP contribution in [0.15, 0.2) is 23.1 Å². The van der Waals surface area contributed by atoms with E-state index >= 15 is 0 Å². The Morgan fingerprint density at radius 1 is 1.27 bits per heavy atom. The second kappa shape index (κ2) is 6.35. The van der Waals surface area contributed by atoms with E-state index in [1.807, 2.05) is 0 Å². The monoisotopic (exact) mass is 358 g/mol. The molecular formula is C13H18ClF3N2O2S. The number of nitrogens with zero attached hydrogens (tertiary/aromatic N) is 1. The molecule has 9 heteroatoms. The van der Waals surface area contributed by atoms with Crippen LogP contribution in [0.1, 0.15) is 19.4 Å². The molecule has 1 aromatic carbocycles. The van der Waals surface area contributed by atoms with Gasteiger partial charge in [0.1, 0.15) is 4.90 Å². The minimum Gasteiger partial charge on any atom is -0.330 e. The lowest BCUT2D eigenvalue weighted by molar-refractivity contribution is -0.137. The van der Waals surface area contributed by atoms with Gasteiger partial charge in [-0.2, -0.15) is 13.2 Å². The lowest BCUT2D eigenvalue weighted by atomic mass is 9.94. The Hall–Kier alpha value is -0.830. The van der Waals surface area contributed by atoms with E-state index in [1.165, 1.54) is 7.05 Å². The molecule has 0 bridgehead atoms. The van der Waals surface area contributed by atoms with E-state index in [0.717, 1.165) is 16.4 Å². The van der Waals surface area contributed by atoms with E-state index in [-0.39, 0.29) is 18.1 Å². The summed E-state index contributed by atoms with van der Waals surface area (Å²) >= 11 is 5.78. The molecule has 0 saturated carbocycles. The van der Waals surface area contributed by atoms with Gasteiger partial charge in [-0.05, 0) is 30.2 Å². The number of rotatable bonds is 5. The number of nitrogens with two attached hydrogens (primary N) is 1. The Morgan fingerprint density at radius 2 is 1.82 bits per heavy atom. The molecule has 0 heterocycles. The van der Waals surface area contributed by atoms with Crippen molar-refractivity contribution in [3.05, 3.63) is 28.8 Å². The van der Waals surface area contributed by atoms with Gasteiger partial charge in [-0.1, -0.05) is 25.4 Å². The van der Waals surface area contributed by atoms with E-state index < -0.39 is 32.1 Å². The van der Waals surface area contributed by atoms with Gasteiger partial charge in [0.15, 0.2) is 0 Å². The zero-order valence-electron chi connectivity index (χ0n) is 12.4. The maximum absolute atomic E-state index is 12.7. The Balaban J connectivity index is 3.28. The Bertz CT molecular complexity index is 645. The molecule has 4 nitrogen and oxygen atoms in total. The molecule has 0 aromatic heterocycles. The van der Waals surface area contributed by atoms with Gasteiger partial charge in [0.2, 0.25) is 10.0 Å². The van der Waals surface area contributed by atoms with Crippen LogP contribution in [0, 0.1) is 5.41 Å². The highest BCUT2D eigenvalue weighted by Crippen LogP contribution is 2.34. The van der Waals surface area contributed by atoms with Crippen LogP contribution in [-0.4, -0.2) is 32.9 Å². The van der Waals surface area contributed by atoms with Crippen molar-refractivity contribution < 1.29 is 21.6 Å². The first kappa shape index (κ1) is 19.2. The summed E-state index contributed by atoms with van der Waals surface area (Å²) in [6, 6.07) is 2.22. The van der Waals surface area contributed by atoms with E-state index in [1.54, 1.807) is 13.8 Å². The molecule has 0 saturated heterocycles. The van der Waals surface area contributed by atoms with E-state index in [2.05, 4.69) is 0 Å². The zero-order valence-corrected chi connectivity index (χ0v) is 14.0. The molecule has 1 aromatic rings. The maximum atomic E-state index is 12.7. The van der Waals surface area contributed by atoms with E-state index in [4.69, 9.17) is 17.3 Å². The van der Waals surface area contributed by atoms with Crippen molar-refractivity contribution in [1.29, 1.82) is 0 Å². The molecule has 0 fully saturated rings. The van der Waals surface area contributed by atoms with Crippen LogP contribution in [0.2, 0.25) is 5.02 Å². The Labute approximate surface area is 133 Å². The average Bonchev–Trinajstić information content (AvgIpc) is 2.37. The van der Waals surface area contributed by atoms with Gasteiger partial charge >= 0.3 is 6.18 Å². The summed E-state index contributed by atoms with van der Waals surface area (Å²) in [5.74, 6) is 0. The topological polar surface area (TPSA) is 63.4 Å². The van der Waals surface area contributed by atoms with Crippen LogP contribution >= 0.6 is 11.6 Å². The van der Waals surface area contributed by atoms with Crippen molar-refractivity contribution in [3.63, 3.8) is 0 Å². The van der Waals surface area contributed by atoms with Gasteiger partial charge in [-0.15, -0.1) is 0 Å². The van der Waals surface area contributed by atoms with Crippen molar-refractivity contribution in [3.8, 4) is 0 Å². The molecule has 0 aliphatic carbocycles. The van der Waals surface area contributed by atoms with Crippen molar-refractivity contribution >= 4 is 21.6 Å². The third-order valence-corrected chi connectivity index (χ3v) is 5.43. The fourth-order valence-corrected chi connectivity index (χ4v) is 3.65. The van der Waals surface area contributed by atoms with Gasteiger partial charge in [0.05, 0.1) is 10.6 Å². The molecular weight excluding hydrogens is 341 g/mol. The molecule has 2 N–H and O–H groups in total. The predicted molar refractivity (Wildman–Crippen MR) is 79.1 cm³/mol. The van der Waals surface area contributed by atoms with Gasteiger partial charge < -0.3 is 5.73 Å². The minimum absolute atomic E-state index is 0.0540. The van der Waals surface area contributed by atoms with Crippen molar-refractivity contribution in [2.45, 2.75) is 24.9 Å². The van der Waals surface area contributed by atoms with Gasteiger partial charge in [0.25, 0.3) is 0 Å². The van der Waals surface area contributed by atoms with Crippen molar-refractivity contribution in [2.24, 2.45) is 11.1 Å². The summed E-state index contributed by atoms with van der Waals surface area (Å²) in [5, 5.41) is -0.259. The highest BCUT2D eigenvalue weighted by molar-refractivity contribution is 7.89. The van der Waals surface area contributed by atoms with Gasteiger partial charge in [-0.25, -0.2) is 12.7 Å². The molecule has 0 spiro atoms. The largest absolute Gasteiger partial charge is 0.416 e. The summed E-state index contributed by atoms with van der Waals surface area (Å²) in [4.78, 5) is -0.570. The molecule has 22 heavy (non-hydrogen) atoms. The number of hydrogen-bond acceptors (Lipinski definition) is 3.